The number of nitrogens with one attached hydrogen (secondary N) is 1. The maximum absolute atomic E-state index is 12.6. The van der Waals surface area contributed by atoms with Gasteiger partial charge in [0.1, 0.15) is 11.5 Å². The molecule has 0 amide bonds. The molecule has 1 heterocycles. The van der Waals surface area contributed by atoms with Gasteiger partial charge in [-0.1, -0.05) is 28.4 Å². The minimum Gasteiger partial charge on any atom is -0.487 e. The van der Waals surface area contributed by atoms with Crippen LogP contribution in [-0.2, 0) is 25.4 Å². The lowest BCUT2D eigenvalue weighted by molar-refractivity contribution is -0.385. The van der Waals surface area contributed by atoms with E-state index in [1.54, 1.807) is 6.92 Å². The normalized spacial score (nSPS) is 12.7. The fourth-order valence-electron chi connectivity index (χ4n) is 4.37. The molecule has 23 heteroatoms. The van der Waals surface area contributed by atoms with Gasteiger partial charge in [0.15, 0.2) is 21.4 Å². The summed E-state index contributed by atoms with van der Waals surface area (Å²) in [6.07, 6.45) is -0.817. The summed E-state index contributed by atoms with van der Waals surface area (Å²) in [4.78, 5) is 49.0. The second-order valence-electron chi connectivity index (χ2n) is 11.3. The topological polar surface area (TPSA) is 246 Å². The number of hydrogen-bond acceptors (Lipinski definition) is 12. The number of nitro groups is 1. The van der Waals surface area contributed by atoms with Gasteiger partial charge in [-0.15, -0.1) is 0 Å². The molecule has 298 valence electrons. The summed E-state index contributed by atoms with van der Waals surface area (Å²) in [6.45, 7) is 1.42. The highest BCUT2D eigenvalue weighted by molar-refractivity contribution is 7.90. The maximum Gasteiger partial charge on any atom is 0.416 e. The zero-order chi connectivity index (χ0) is 41.3. The number of carboxylic acids is 1. The molecule has 0 spiro atoms. The molecular weight excluding hydrogens is 825 g/mol. The van der Waals surface area contributed by atoms with Crippen molar-refractivity contribution in [1.82, 2.24) is 10.5 Å². The molecule has 4 N–H and O–H groups in total. The maximum atomic E-state index is 12.6. The summed E-state index contributed by atoms with van der Waals surface area (Å²) in [5.74, 6) is -0.687. The second-order valence-corrected chi connectivity index (χ2v) is 15.8. The Morgan fingerprint density at radius 3 is 2.27 bits per heavy atom. The van der Waals surface area contributed by atoms with Crippen molar-refractivity contribution in [2.45, 2.75) is 36.8 Å². The van der Waals surface area contributed by atoms with Crippen LogP contribution in [0.4, 0.5) is 18.9 Å². The Bertz CT molecular complexity index is 2190. The van der Waals surface area contributed by atoms with Gasteiger partial charge in [-0.05, 0) is 62.2 Å². The molecule has 4 aromatic rings. The number of halogens is 5. The first kappa shape index (κ1) is 44.8. The van der Waals surface area contributed by atoms with Crippen LogP contribution in [0.25, 0.3) is 0 Å². The Morgan fingerprint density at radius 1 is 1.07 bits per heavy atom. The fourth-order valence-corrected chi connectivity index (χ4v) is 6.13. The number of carbonyl (C=O) groups is 2. The van der Waals surface area contributed by atoms with Crippen molar-refractivity contribution in [3.8, 4) is 17.2 Å². The minimum atomic E-state index is -4.52. The molecular formula is C32H31Cl2F3N3O13PS. The number of aliphatic carboxylic acids is 1. The molecule has 16 nitrogen and oxygen atoms in total. The van der Waals surface area contributed by atoms with Gasteiger partial charge in [-0.25, -0.2) is 8.42 Å². The van der Waals surface area contributed by atoms with Crippen molar-refractivity contribution in [3.63, 3.8) is 0 Å². The third-order valence-corrected chi connectivity index (χ3v) is 9.19. The lowest BCUT2D eigenvalue weighted by atomic mass is 10.0. The highest BCUT2D eigenvalue weighted by Gasteiger charge is 2.34. The minimum absolute atomic E-state index is 0.0111. The average Bonchev–Trinajstić information content (AvgIpc) is 3.80. The first-order valence-corrected chi connectivity index (χ1v) is 19.9. The number of nitrogens with zero attached hydrogens (tertiary/aromatic N) is 2. The van der Waals surface area contributed by atoms with Crippen LogP contribution >= 0.6 is 30.8 Å². The van der Waals surface area contributed by atoms with E-state index in [0.29, 0.717) is 11.3 Å². The molecule has 55 heavy (non-hydrogen) atoms. The van der Waals surface area contributed by atoms with Crippen LogP contribution in [0.15, 0.2) is 70.2 Å². The monoisotopic (exact) mass is 855 g/mol. The SMILES string of the molecule is CCOc1cc(Oc2ccc(C(F)(F)F)cc2Cl)ccc1[N+](=O)[O-].CS(=O)(=O)c1cc(Cl)ccc1C(=O)c1cnoc1C1CC1.O=C(O)CNCP(=O)(O)O. The molecule has 0 atom stereocenters. The van der Waals surface area contributed by atoms with Crippen LogP contribution in [0.3, 0.4) is 0 Å². The lowest BCUT2D eigenvalue weighted by Crippen LogP contribution is -2.23. The number of sulfone groups is 1. The smallest absolute Gasteiger partial charge is 0.416 e. The Morgan fingerprint density at radius 2 is 1.75 bits per heavy atom. The van der Waals surface area contributed by atoms with Crippen molar-refractivity contribution < 1.29 is 69.6 Å². The first-order chi connectivity index (χ1) is 25.5. The van der Waals surface area contributed by atoms with Gasteiger partial charge in [0, 0.05) is 34.9 Å². The van der Waals surface area contributed by atoms with E-state index in [0.717, 1.165) is 37.3 Å². The zero-order valence-electron chi connectivity index (χ0n) is 28.5. The first-order valence-electron chi connectivity index (χ1n) is 15.4. The molecule has 0 unspecified atom stereocenters. The van der Waals surface area contributed by atoms with Crippen LogP contribution in [0.2, 0.25) is 10.0 Å². The number of hydrogen-bond donors (Lipinski definition) is 4. The van der Waals surface area contributed by atoms with Crippen molar-refractivity contribution in [2.75, 3.05) is 25.7 Å². The Labute approximate surface area is 320 Å². The van der Waals surface area contributed by atoms with E-state index in [-0.39, 0.29) is 56.0 Å². The lowest BCUT2D eigenvalue weighted by Gasteiger charge is -2.12. The van der Waals surface area contributed by atoms with Gasteiger partial charge >= 0.3 is 25.4 Å². The van der Waals surface area contributed by atoms with Crippen molar-refractivity contribution in [1.29, 1.82) is 0 Å². The van der Waals surface area contributed by atoms with E-state index in [2.05, 4.69) is 10.5 Å². The number of rotatable bonds is 13. The third kappa shape index (κ3) is 13.9. The number of ether oxygens (including phenoxy) is 2. The van der Waals surface area contributed by atoms with E-state index >= 15 is 0 Å². The molecule has 0 aliphatic heterocycles. The fraction of sp³-hybridized carbons (Fsp3) is 0.281. The highest BCUT2D eigenvalue weighted by atomic mass is 35.5. The average molecular weight is 857 g/mol. The van der Waals surface area contributed by atoms with Crippen molar-refractivity contribution >= 4 is 58.1 Å². The van der Waals surface area contributed by atoms with E-state index in [4.69, 9.17) is 52.1 Å². The summed E-state index contributed by atoms with van der Waals surface area (Å²) in [7, 11) is -7.66. The van der Waals surface area contributed by atoms with Crippen molar-refractivity contribution in [3.05, 3.63) is 103 Å². The van der Waals surface area contributed by atoms with Crippen LogP contribution in [0.5, 0.6) is 17.2 Å². The summed E-state index contributed by atoms with van der Waals surface area (Å²) >= 11 is 11.6. The molecule has 0 radical (unpaired) electrons. The van der Waals surface area contributed by atoms with Crippen molar-refractivity contribution in [2.24, 2.45) is 0 Å². The highest BCUT2D eigenvalue weighted by Crippen LogP contribution is 2.42. The third-order valence-electron chi connectivity index (χ3n) is 6.89. The Balaban J connectivity index is 0.000000240. The van der Waals surface area contributed by atoms with Gasteiger partial charge in [-0.2, -0.15) is 13.2 Å². The standard InChI is InChI=1S/C15H11ClF3NO4.C14H12ClNO4S.C3H8NO5P/c1-2-23-14-8-10(4-5-12(14)20(21)22)24-13-6-3-9(7-11(13)16)15(17,18)19;1-21(18,19)12-6-9(15)4-5-10(12)13(17)11-7-16-20-14(11)8-2-3-8;5-3(6)1-4-2-10(7,8)9/h3-8H,2H2,1H3;4-8H,2-3H2,1H3;4H,1-2H2,(H,5,6)(H2,7,8,9). The number of benzene rings is 3. The summed E-state index contributed by atoms with van der Waals surface area (Å²) in [5.41, 5.74) is -0.738. The Kier molecular flexibility index (Phi) is 15.4. The predicted octanol–water partition coefficient (Wildman–Crippen LogP) is 7.09. The number of alkyl halides is 3. The number of nitro benzene ring substituents is 1. The van der Waals surface area contributed by atoms with E-state index in [9.17, 15) is 45.9 Å². The summed E-state index contributed by atoms with van der Waals surface area (Å²) in [6, 6.07) is 10.6. The molecule has 1 aromatic heterocycles. The molecule has 5 rings (SSSR count). The zero-order valence-corrected chi connectivity index (χ0v) is 31.7. The molecule has 1 aliphatic carbocycles. The number of carboxylic acid groups (broad SMARTS) is 1. The van der Waals surface area contributed by atoms with Gasteiger partial charge < -0.3 is 28.9 Å². The Hall–Kier alpha value is -4.56. The van der Waals surface area contributed by atoms with Crippen LogP contribution in [0.1, 0.15) is 52.9 Å². The summed E-state index contributed by atoms with van der Waals surface area (Å²) < 4.78 is 87.3. The van der Waals surface area contributed by atoms with Crippen LogP contribution in [-0.4, -0.2) is 70.8 Å². The van der Waals surface area contributed by atoms with E-state index < -0.39 is 58.7 Å². The van der Waals surface area contributed by atoms with E-state index in [1.165, 1.54) is 42.6 Å². The molecule has 3 aromatic carbocycles. The summed E-state index contributed by atoms with van der Waals surface area (Å²) in [5, 5.41) is 24.7. The van der Waals surface area contributed by atoms with Gasteiger partial charge in [0.2, 0.25) is 5.75 Å². The molecule has 1 fully saturated rings. The van der Waals surface area contributed by atoms with Crippen LogP contribution < -0.4 is 14.8 Å². The quantitative estimate of drug-likeness (QED) is 0.0454. The number of aromatic nitrogens is 1. The van der Waals surface area contributed by atoms with E-state index in [1.807, 2.05) is 0 Å². The second kappa shape index (κ2) is 18.9. The number of ketones is 1. The van der Waals surface area contributed by atoms with Crippen LogP contribution in [0, 0.1) is 10.1 Å². The van der Waals surface area contributed by atoms with Gasteiger partial charge in [0.05, 0.1) is 51.6 Å². The molecule has 1 aliphatic rings. The van der Waals surface area contributed by atoms with Gasteiger partial charge in [-0.3, -0.25) is 29.6 Å². The predicted molar refractivity (Wildman–Crippen MR) is 190 cm³/mol. The van der Waals surface area contributed by atoms with Gasteiger partial charge in [0.25, 0.3) is 0 Å². The molecule has 0 saturated heterocycles. The largest absolute Gasteiger partial charge is 0.487 e. The number of carbonyl (C=O) groups excluding carboxylic acids is 1. The molecule has 1 saturated carbocycles. The molecule has 0 bridgehead atoms.